The van der Waals surface area contributed by atoms with Crippen molar-refractivity contribution in [2.45, 2.75) is 50.7 Å². The zero-order valence-electron chi connectivity index (χ0n) is 24.1. The van der Waals surface area contributed by atoms with Crippen LogP contribution in [0.4, 0.5) is 5.69 Å². The summed E-state index contributed by atoms with van der Waals surface area (Å²) in [7, 11) is -3.89. The molecule has 3 aromatic carbocycles. The molecule has 2 aliphatic rings. The highest BCUT2D eigenvalue weighted by molar-refractivity contribution is 9.10. The number of anilines is 1. The highest BCUT2D eigenvalue weighted by Crippen LogP contribution is 2.35. The third-order valence-corrected chi connectivity index (χ3v) is 9.34. The lowest BCUT2D eigenvalue weighted by atomic mass is 10.0. The Morgan fingerprint density at radius 1 is 0.930 bits per heavy atom. The van der Waals surface area contributed by atoms with E-state index in [9.17, 15) is 18.0 Å². The van der Waals surface area contributed by atoms with Crippen molar-refractivity contribution in [3.05, 3.63) is 88.4 Å². The fourth-order valence-electron chi connectivity index (χ4n) is 5.55. The standard InChI is InChI=1S/C32H36BrN3O6S/c1-43(39,40)36(27-14-15-29-30(20-27)42-17-16-41-29)22-31(37)35(21-24-10-7-11-25(33)18-24)28(19-23-8-3-2-4-9-23)32(38)34-26-12-5-6-13-26/h2-4,7-11,14-15,18,20,26,28H,5-6,12-13,16-17,19,21-22H2,1H3,(H,34,38)/t28-/m1/s1. The molecule has 1 fully saturated rings. The average Bonchev–Trinajstić information content (AvgIpc) is 3.50. The van der Waals surface area contributed by atoms with Gasteiger partial charge in [-0.1, -0.05) is 71.2 Å². The molecule has 0 saturated heterocycles. The zero-order valence-corrected chi connectivity index (χ0v) is 26.5. The fraction of sp³-hybridized carbons (Fsp3) is 0.375. The minimum Gasteiger partial charge on any atom is -0.486 e. The monoisotopic (exact) mass is 669 g/mol. The molecule has 0 unspecified atom stereocenters. The molecule has 5 rings (SSSR count). The van der Waals surface area contributed by atoms with Crippen LogP contribution in [0.15, 0.2) is 77.3 Å². The molecule has 1 N–H and O–H groups in total. The van der Waals surface area contributed by atoms with Gasteiger partial charge in [0.15, 0.2) is 11.5 Å². The van der Waals surface area contributed by atoms with Crippen LogP contribution in [-0.4, -0.2) is 63.2 Å². The number of carbonyl (C=O) groups is 2. The van der Waals surface area contributed by atoms with E-state index in [1.165, 1.54) is 4.90 Å². The van der Waals surface area contributed by atoms with Crippen LogP contribution >= 0.6 is 15.9 Å². The number of benzene rings is 3. The van der Waals surface area contributed by atoms with E-state index < -0.39 is 28.5 Å². The molecule has 1 aliphatic heterocycles. The van der Waals surface area contributed by atoms with Crippen molar-refractivity contribution < 1.29 is 27.5 Å². The predicted octanol–water partition coefficient (Wildman–Crippen LogP) is 4.69. The van der Waals surface area contributed by atoms with E-state index >= 15 is 0 Å². The van der Waals surface area contributed by atoms with Crippen molar-refractivity contribution in [2.24, 2.45) is 0 Å². The summed E-state index contributed by atoms with van der Waals surface area (Å²) in [6.07, 6.45) is 5.23. The zero-order chi connectivity index (χ0) is 30.4. The summed E-state index contributed by atoms with van der Waals surface area (Å²) in [5.74, 6) is 0.179. The molecule has 1 aliphatic carbocycles. The van der Waals surface area contributed by atoms with Gasteiger partial charge in [-0.3, -0.25) is 13.9 Å². The maximum absolute atomic E-state index is 14.3. The average molecular weight is 671 g/mol. The highest BCUT2D eigenvalue weighted by atomic mass is 79.9. The highest BCUT2D eigenvalue weighted by Gasteiger charge is 2.34. The molecule has 0 aromatic heterocycles. The summed E-state index contributed by atoms with van der Waals surface area (Å²) >= 11 is 3.50. The number of halogens is 1. The number of sulfonamides is 1. The second-order valence-electron chi connectivity index (χ2n) is 10.9. The minimum atomic E-state index is -3.89. The van der Waals surface area contributed by atoms with Crippen LogP contribution in [0.3, 0.4) is 0 Å². The van der Waals surface area contributed by atoms with E-state index in [0.717, 1.165) is 51.8 Å². The van der Waals surface area contributed by atoms with Gasteiger partial charge in [0.1, 0.15) is 25.8 Å². The van der Waals surface area contributed by atoms with E-state index in [0.29, 0.717) is 24.7 Å². The maximum Gasteiger partial charge on any atom is 0.244 e. The van der Waals surface area contributed by atoms with E-state index in [2.05, 4.69) is 21.2 Å². The van der Waals surface area contributed by atoms with Crippen molar-refractivity contribution >= 4 is 43.5 Å². The predicted molar refractivity (Wildman–Crippen MR) is 169 cm³/mol. The Kier molecular flexibility index (Phi) is 9.92. The van der Waals surface area contributed by atoms with Crippen LogP contribution < -0.4 is 19.1 Å². The summed E-state index contributed by atoms with van der Waals surface area (Å²) in [4.78, 5) is 29.7. The molecular weight excluding hydrogens is 634 g/mol. The van der Waals surface area contributed by atoms with Crippen LogP contribution in [0.2, 0.25) is 0 Å². The minimum absolute atomic E-state index is 0.0545. The van der Waals surface area contributed by atoms with E-state index in [-0.39, 0.29) is 30.6 Å². The molecule has 9 nitrogen and oxygen atoms in total. The summed E-state index contributed by atoms with van der Waals surface area (Å²) in [5.41, 5.74) is 1.98. The number of rotatable bonds is 11. The van der Waals surface area contributed by atoms with Crippen LogP contribution in [0.25, 0.3) is 0 Å². The number of hydrogen-bond donors (Lipinski definition) is 1. The molecule has 3 aromatic rings. The molecule has 0 spiro atoms. The molecule has 0 bridgehead atoms. The van der Waals surface area contributed by atoms with Crippen LogP contribution in [-0.2, 0) is 32.6 Å². The maximum atomic E-state index is 14.3. The topological polar surface area (TPSA) is 105 Å². The van der Waals surface area contributed by atoms with Gasteiger partial charge < -0.3 is 19.7 Å². The van der Waals surface area contributed by atoms with Crippen molar-refractivity contribution in [2.75, 3.05) is 30.3 Å². The lowest BCUT2D eigenvalue weighted by molar-refractivity contribution is -0.140. The van der Waals surface area contributed by atoms with Crippen molar-refractivity contribution in [3.8, 4) is 11.5 Å². The van der Waals surface area contributed by atoms with Crippen molar-refractivity contribution in [1.82, 2.24) is 10.2 Å². The van der Waals surface area contributed by atoms with Gasteiger partial charge in [-0.15, -0.1) is 0 Å². The molecule has 0 radical (unpaired) electrons. The summed E-state index contributed by atoms with van der Waals surface area (Å²) in [6.45, 7) is 0.365. The number of ether oxygens (including phenoxy) is 2. The first-order chi connectivity index (χ1) is 20.7. The van der Waals surface area contributed by atoms with Crippen molar-refractivity contribution in [3.63, 3.8) is 0 Å². The number of fused-ring (bicyclic) bond motifs is 1. The second kappa shape index (κ2) is 13.8. The Bertz CT molecular complexity index is 1550. The SMILES string of the molecule is CS(=O)(=O)N(CC(=O)N(Cc1cccc(Br)c1)[C@H](Cc1ccccc1)C(=O)NC1CCCC1)c1ccc2c(c1)OCCO2. The number of hydrogen-bond acceptors (Lipinski definition) is 6. The van der Waals surface area contributed by atoms with Gasteiger partial charge in [-0.25, -0.2) is 8.42 Å². The molecule has 11 heteroatoms. The first-order valence-corrected chi connectivity index (χ1v) is 17.1. The Morgan fingerprint density at radius 2 is 1.63 bits per heavy atom. The van der Waals surface area contributed by atoms with Crippen LogP contribution in [0.5, 0.6) is 11.5 Å². The first-order valence-electron chi connectivity index (χ1n) is 14.4. The molecular formula is C32H36BrN3O6S. The molecule has 1 atom stereocenters. The van der Waals surface area contributed by atoms with Gasteiger partial charge in [0.2, 0.25) is 21.8 Å². The van der Waals surface area contributed by atoms with Gasteiger partial charge in [0.25, 0.3) is 0 Å². The largest absolute Gasteiger partial charge is 0.486 e. The van der Waals surface area contributed by atoms with E-state index in [4.69, 9.17) is 9.47 Å². The smallest absolute Gasteiger partial charge is 0.244 e. The van der Waals surface area contributed by atoms with E-state index in [1.54, 1.807) is 18.2 Å². The van der Waals surface area contributed by atoms with Crippen LogP contribution in [0, 0.1) is 0 Å². The van der Waals surface area contributed by atoms with E-state index in [1.807, 2.05) is 54.6 Å². The number of carbonyl (C=O) groups excluding carboxylic acids is 2. The third kappa shape index (κ3) is 8.08. The molecule has 1 heterocycles. The Morgan fingerprint density at radius 3 is 2.33 bits per heavy atom. The number of nitrogens with zero attached hydrogens (tertiary/aromatic N) is 2. The molecule has 43 heavy (non-hydrogen) atoms. The number of amides is 2. The Balaban J connectivity index is 1.50. The molecule has 1 saturated carbocycles. The normalized spacial score (nSPS) is 15.5. The van der Waals surface area contributed by atoms with Gasteiger partial charge in [-0.2, -0.15) is 0 Å². The van der Waals surface area contributed by atoms with Gasteiger partial charge in [0, 0.05) is 29.5 Å². The number of nitrogens with one attached hydrogen (secondary N) is 1. The first kappa shape index (κ1) is 30.9. The second-order valence-corrected chi connectivity index (χ2v) is 13.8. The van der Waals surface area contributed by atoms with Gasteiger partial charge in [0.05, 0.1) is 11.9 Å². The molecule has 228 valence electrons. The quantitative estimate of drug-likeness (QED) is 0.318. The fourth-order valence-corrected chi connectivity index (χ4v) is 6.84. The lowest BCUT2D eigenvalue weighted by Crippen LogP contribution is -2.54. The van der Waals surface area contributed by atoms with Crippen LogP contribution in [0.1, 0.15) is 36.8 Å². The Labute approximate surface area is 261 Å². The lowest BCUT2D eigenvalue weighted by Gasteiger charge is -2.34. The van der Waals surface area contributed by atoms with Gasteiger partial charge in [-0.05, 0) is 48.2 Å². The summed E-state index contributed by atoms with van der Waals surface area (Å²) < 4.78 is 39.3. The van der Waals surface area contributed by atoms with Crippen molar-refractivity contribution in [1.29, 1.82) is 0 Å². The summed E-state index contributed by atoms with van der Waals surface area (Å²) in [5, 5.41) is 3.18. The van der Waals surface area contributed by atoms with Gasteiger partial charge >= 0.3 is 0 Å². The Hall–Kier alpha value is -3.57. The summed E-state index contributed by atoms with van der Waals surface area (Å²) in [6, 6.07) is 21.1. The third-order valence-electron chi connectivity index (χ3n) is 7.71. The molecule has 2 amide bonds.